The molecule has 0 spiro atoms. The molecule has 1 aromatic carbocycles. The van der Waals surface area contributed by atoms with Crippen LogP contribution in [0.2, 0.25) is 18.1 Å². The number of hydrogen-bond acceptors (Lipinski definition) is 4. The summed E-state index contributed by atoms with van der Waals surface area (Å²) in [5, 5.41) is 21.0. The van der Waals surface area contributed by atoms with Crippen molar-refractivity contribution in [3.05, 3.63) is 35.4 Å². The minimum Gasteiger partial charge on any atom is -0.411 e. The Morgan fingerprint density at radius 1 is 1.12 bits per heavy atom. The van der Waals surface area contributed by atoms with Crippen LogP contribution in [0.5, 0.6) is 0 Å². The molecule has 134 valence electrons. The van der Waals surface area contributed by atoms with Gasteiger partial charge < -0.3 is 14.6 Å². The van der Waals surface area contributed by atoms with Gasteiger partial charge in [-0.15, -0.1) is 0 Å². The van der Waals surface area contributed by atoms with Gasteiger partial charge in [-0.2, -0.15) is 0 Å². The van der Waals surface area contributed by atoms with Crippen molar-refractivity contribution < 1.29 is 19.4 Å². The van der Waals surface area contributed by atoms with Crippen LogP contribution in [-0.4, -0.2) is 42.6 Å². The Morgan fingerprint density at radius 3 is 2.12 bits per heavy atom. The van der Waals surface area contributed by atoms with Gasteiger partial charge in [-0.1, -0.05) is 45.0 Å². The Labute approximate surface area is 146 Å². The Morgan fingerprint density at radius 2 is 1.67 bits per heavy atom. The molecule has 1 aliphatic carbocycles. The van der Waals surface area contributed by atoms with E-state index in [4.69, 9.17) is 4.43 Å². The van der Waals surface area contributed by atoms with Crippen LogP contribution in [0.25, 0.3) is 0 Å². The second-order valence-electron chi connectivity index (χ2n) is 8.42. The molecule has 0 aromatic heterocycles. The average molecular weight is 351 g/mol. The van der Waals surface area contributed by atoms with Crippen LogP contribution in [0, 0.1) is 0 Å². The summed E-state index contributed by atoms with van der Waals surface area (Å²) in [6.45, 7) is 12.3. The van der Waals surface area contributed by atoms with E-state index < -0.39 is 20.5 Å². The third-order valence-electron chi connectivity index (χ3n) is 5.63. The van der Waals surface area contributed by atoms with Gasteiger partial charge in [0.2, 0.25) is 0 Å². The highest BCUT2D eigenvalue weighted by Crippen LogP contribution is 2.43. The van der Waals surface area contributed by atoms with Gasteiger partial charge in [0.25, 0.3) is 0 Å². The molecule has 2 rings (SSSR count). The monoisotopic (exact) mass is 350 g/mol. The molecule has 0 bridgehead atoms. The molecule has 1 fully saturated rings. The van der Waals surface area contributed by atoms with Crippen molar-refractivity contribution in [3.8, 4) is 0 Å². The van der Waals surface area contributed by atoms with Gasteiger partial charge in [-0.25, -0.2) is 0 Å². The van der Waals surface area contributed by atoms with E-state index in [0.717, 1.165) is 5.56 Å². The molecule has 4 atom stereocenters. The summed E-state index contributed by atoms with van der Waals surface area (Å²) in [6.07, 6.45) is -1.48. The van der Waals surface area contributed by atoms with Gasteiger partial charge >= 0.3 is 0 Å². The standard InChI is InChI=1S/C19H30O4Si/c1-12(20)13-7-9-14(10-8-13)15-11-16(18(22)17(15)21)23-24(5,6)19(2,3)4/h7-10,15-18,21-22H,11H2,1-6H3/t15-,16+,17+,18-/m1/s1. The molecule has 0 amide bonds. The fourth-order valence-electron chi connectivity index (χ4n) is 2.96. The van der Waals surface area contributed by atoms with Crippen molar-refractivity contribution in [3.63, 3.8) is 0 Å². The number of carbonyl (C=O) groups excluding carboxylic acids is 1. The van der Waals surface area contributed by atoms with E-state index >= 15 is 0 Å². The number of carbonyl (C=O) groups is 1. The Kier molecular flexibility index (Phi) is 5.40. The summed E-state index contributed by atoms with van der Waals surface area (Å²) >= 11 is 0. The maximum atomic E-state index is 11.4. The first-order chi connectivity index (χ1) is 10.9. The van der Waals surface area contributed by atoms with Crippen molar-refractivity contribution in [2.45, 2.75) is 76.5 Å². The molecule has 2 N–H and O–H groups in total. The summed E-state index contributed by atoms with van der Waals surface area (Å²) < 4.78 is 6.33. The molecule has 1 aliphatic rings. The van der Waals surface area contributed by atoms with Gasteiger partial charge in [0.05, 0.1) is 12.2 Å². The highest BCUT2D eigenvalue weighted by atomic mass is 28.4. The molecular formula is C19H30O4Si. The van der Waals surface area contributed by atoms with Crippen LogP contribution < -0.4 is 0 Å². The van der Waals surface area contributed by atoms with E-state index in [0.29, 0.717) is 12.0 Å². The molecule has 0 aliphatic heterocycles. The SMILES string of the molecule is CC(=O)c1ccc([C@H]2C[C@H](O[Si](C)(C)C(C)(C)C)[C@@H](O)[C@H]2O)cc1. The maximum Gasteiger partial charge on any atom is 0.192 e. The lowest BCUT2D eigenvalue weighted by Crippen LogP contribution is -2.46. The summed E-state index contributed by atoms with van der Waals surface area (Å²) in [4.78, 5) is 11.4. The average Bonchev–Trinajstić information content (AvgIpc) is 2.74. The summed E-state index contributed by atoms with van der Waals surface area (Å²) in [5.74, 6) is -0.150. The van der Waals surface area contributed by atoms with Crippen LogP contribution >= 0.6 is 0 Å². The van der Waals surface area contributed by atoms with E-state index in [9.17, 15) is 15.0 Å². The fraction of sp³-hybridized carbons (Fsp3) is 0.632. The number of hydrogen-bond donors (Lipinski definition) is 2. The number of ketones is 1. The van der Waals surface area contributed by atoms with Crippen molar-refractivity contribution in [2.24, 2.45) is 0 Å². The van der Waals surface area contributed by atoms with Crippen LogP contribution in [0.15, 0.2) is 24.3 Å². The minimum atomic E-state index is -2.01. The van der Waals surface area contributed by atoms with Crippen molar-refractivity contribution in [1.82, 2.24) is 0 Å². The Hall–Kier alpha value is -1.01. The molecule has 0 radical (unpaired) electrons. The lowest BCUT2D eigenvalue weighted by molar-refractivity contribution is -0.0163. The highest BCUT2D eigenvalue weighted by Gasteiger charge is 2.47. The first-order valence-electron chi connectivity index (χ1n) is 8.59. The second-order valence-corrected chi connectivity index (χ2v) is 13.2. The molecule has 0 heterocycles. The first kappa shape index (κ1) is 19.3. The molecule has 1 aromatic rings. The fourth-order valence-corrected chi connectivity index (χ4v) is 4.30. The molecular weight excluding hydrogens is 320 g/mol. The number of rotatable bonds is 4. The number of benzene rings is 1. The van der Waals surface area contributed by atoms with Gasteiger partial charge in [0.15, 0.2) is 14.1 Å². The minimum absolute atomic E-state index is 0.0210. The number of Topliss-reactive ketones (excluding diaryl/α,β-unsaturated/α-hetero) is 1. The summed E-state index contributed by atoms with van der Waals surface area (Å²) in [7, 11) is -2.01. The van der Waals surface area contributed by atoms with Crippen LogP contribution in [0.4, 0.5) is 0 Å². The third-order valence-corrected chi connectivity index (χ3v) is 10.1. The van der Waals surface area contributed by atoms with Gasteiger partial charge in [0, 0.05) is 11.5 Å². The lowest BCUT2D eigenvalue weighted by atomic mass is 9.94. The molecule has 4 nitrogen and oxygen atoms in total. The molecule has 1 saturated carbocycles. The Balaban J connectivity index is 2.16. The van der Waals surface area contributed by atoms with Crippen molar-refractivity contribution >= 4 is 14.1 Å². The zero-order valence-electron chi connectivity index (χ0n) is 15.5. The van der Waals surface area contributed by atoms with Gasteiger partial charge in [-0.3, -0.25) is 4.79 Å². The van der Waals surface area contributed by atoms with E-state index in [1.165, 1.54) is 6.92 Å². The smallest absolute Gasteiger partial charge is 0.192 e. The lowest BCUT2D eigenvalue weighted by Gasteiger charge is -2.39. The zero-order valence-corrected chi connectivity index (χ0v) is 16.5. The Bertz CT molecular complexity index is 588. The maximum absolute atomic E-state index is 11.4. The second kappa shape index (κ2) is 6.71. The highest BCUT2D eigenvalue weighted by molar-refractivity contribution is 6.74. The van der Waals surface area contributed by atoms with Crippen LogP contribution in [0.1, 0.15) is 56.0 Å². The number of aliphatic hydroxyl groups excluding tert-OH is 2. The molecule has 24 heavy (non-hydrogen) atoms. The summed E-state index contributed by atoms with van der Waals surface area (Å²) in [6, 6.07) is 7.29. The predicted molar refractivity (Wildman–Crippen MR) is 97.9 cm³/mol. The first-order valence-corrected chi connectivity index (χ1v) is 11.5. The molecule has 0 unspecified atom stereocenters. The topological polar surface area (TPSA) is 66.8 Å². The number of aliphatic hydroxyl groups is 2. The van der Waals surface area contributed by atoms with Crippen LogP contribution in [0.3, 0.4) is 0 Å². The van der Waals surface area contributed by atoms with E-state index in [1.807, 2.05) is 12.1 Å². The molecule has 5 heteroatoms. The third kappa shape index (κ3) is 3.80. The quantitative estimate of drug-likeness (QED) is 0.644. The largest absolute Gasteiger partial charge is 0.411 e. The summed E-state index contributed by atoms with van der Waals surface area (Å²) in [5.41, 5.74) is 1.59. The van der Waals surface area contributed by atoms with Gasteiger partial charge in [-0.05, 0) is 37.0 Å². The zero-order chi connectivity index (χ0) is 18.3. The van der Waals surface area contributed by atoms with E-state index in [2.05, 4.69) is 33.9 Å². The van der Waals surface area contributed by atoms with Crippen molar-refractivity contribution in [2.75, 3.05) is 0 Å². The van der Waals surface area contributed by atoms with E-state index in [-0.39, 0.29) is 22.8 Å². The normalized spacial score (nSPS) is 28.2. The predicted octanol–water partition coefficient (Wildman–Crippen LogP) is 3.49. The van der Waals surface area contributed by atoms with Crippen LogP contribution in [-0.2, 0) is 4.43 Å². The molecule has 0 saturated heterocycles. The van der Waals surface area contributed by atoms with Gasteiger partial charge in [0.1, 0.15) is 6.10 Å². The van der Waals surface area contributed by atoms with E-state index in [1.54, 1.807) is 12.1 Å². The van der Waals surface area contributed by atoms with Crippen molar-refractivity contribution in [1.29, 1.82) is 0 Å².